The van der Waals surface area contributed by atoms with E-state index in [2.05, 4.69) is 53.2 Å². The molecule has 0 amide bonds. The van der Waals surface area contributed by atoms with E-state index in [4.69, 9.17) is 0 Å². The largest absolute Gasteiger partial charge is 0.371 e. The molecule has 0 unspecified atom stereocenters. The second-order valence-electron chi connectivity index (χ2n) is 9.31. The van der Waals surface area contributed by atoms with Gasteiger partial charge >= 0.3 is 0 Å². The molecule has 3 fully saturated rings. The predicted octanol–water partition coefficient (Wildman–Crippen LogP) is 4.42. The Hall–Kier alpha value is -1.06. The first-order valence-corrected chi connectivity index (χ1v) is 10.9. The molecular weight excluding hydrogens is 318 g/mol. The standard InChI is InChI=1S/C23H37N3/c1-19(2)24-18-20-6-8-22(9-7-20)26-16-12-23(13-17-26)10-14-25(15-11-23)21-4-3-5-21/h6-9,19,21,24H,3-5,10-18H2,1-2H3. The summed E-state index contributed by atoms with van der Waals surface area (Å²) in [4.78, 5) is 5.41. The van der Waals surface area contributed by atoms with Crippen molar-refractivity contribution in [2.75, 3.05) is 31.1 Å². The van der Waals surface area contributed by atoms with Gasteiger partial charge in [-0.15, -0.1) is 0 Å². The van der Waals surface area contributed by atoms with Crippen LogP contribution in [0.2, 0.25) is 0 Å². The lowest BCUT2D eigenvalue weighted by Gasteiger charge is -2.50. The number of anilines is 1. The second kappa shape index (κ2) is 7.90. The average molecular weight is 356 g/mol. The molecule has 3 aliphatic rings. The highest BCUT2D eigenvalue weighted by molar-refractivity contribution is 5.48. The van der Waals surface area contributed by atoms with Crippen LogP contribution < -0.4 is 10.2 Å². The summed E-state index contributed by atoms with van der Waals surface area (Å²) in [5.41, 5.74) is 3.46. The fourth-order valence-corrected chi connectivity index (χ4v) is 5.00. The summed E-state index contributed by atoms with van der Waals surface area (Å²) in [5.74, 6) is 0. The number of hydrogen-bond acceptors (Lipinski definition) is 3. The molecule has 0 aromatic heterocycles. The van der Waals surface area contributed by atoms with Crippen LogP contribution in [0.25, 0.3) is 0 Å². The molecule has 1 N–H and O–H groups in total. The number of benzene rings is 1. The van der Waals surface area contributed by atoms with Crippen LogP contribution in [0.1, 0.15) is 64.4 Å². The van der Waals surface area contributed by atoms with Gasteiger partial charge in [-0.25, -0.2) is 0 Å². The summed E-state index contributed by atoms with van der Waals surface area (Å²) in [6.45, 7) is 10.6. The second-order valence-corrected chi connectivity index (χ2v) is 9.31. The minimum atomic E-state index is 0.545. The van der Waals surface area contributed by atoms with Crippen molar-refractivity contribution in [3.05, 3.63) is 29.8 Å². The maximum atomic E-state index is 3.50. The van der Waals surface area contributed by atoms with Gasteiger partial charge in [0.25, 0.3) is 0 Å². The van der Waals surface area contributed by atoms with Gasteiger partial charge in [-0.2, -0.15) is 0 Å². The number of hydrogen-bond donors (Lipinski definition) is 1. The summed E-state index contributed by atoms with van der Waals surface area (Å²) in [7, 11) is 0. The smallest absolute Gasteiger partial charge is 0.0366 e. The van der Waals surface area contributed by atoms with E-state index in [1.807, 2.05) is 0 Å². The van der Waals surface area contributed by atoms with Gasteiger partial charge in [0.1, 0.15) is 0 Å². The summed E-state index contributed by atoms with van der Waals surface area (Å²) in [5, 5.41) is 3.50. The van der Waals surface area contributed by atoms with Crippen LogP contribution in [0.5, 0.6) is 0 Å². The number of piperidine rings is 2. The Morgan fingerprint density at radius 2 is 1.58 bits per heavy atom. The van der Waals surface area contributed by atoms with Gasteiger partial charge in [0.2, 0.25) is 0 Å². The van der Waals surface area contributed by atoms with Crippen molar-refractivity contribution in [3.8, 4) is 0 Å². The van der Waals surface area contributed by atoms with Gasteiger partial charge in [0, 0.05) is 37.4 Å². The van der Waals surface area contributed by atoms with Crippen molar-refractivity contribution in [1.82, 2.24) is 10.2 Å². The lowest BCUT2D eigenvalue weighted by molar-refractivity contribution is 0.0306. The molecular formula is C23H37N3. The minimum Gasteiger partial charge on any atom is -0.371 e. The molecule has 1 aromatic carbocycles. The predicted molar refractivity (Wildman–Crippen MR) is 111 cm³/mol. The number of nitrogens with zero attached hydrogens (tertiary/aromatic N) is 2. The first-order chi connectivity index (χ1) is 12.6. The summed E-state index contributed by atoms with van der Waals surface area (Å²) in [6.07, 6.45) is 10.1. The lowest BCUT2D eigenvalue weighted by atomic mass is 9.70. The summed E-state index contributed by atoms with van der Waals surface area (Å²) < 4.78 is 0. The molecule has 4 rings (SSSR count). The van der Waals surface area contributed by atoms with Gasteiger partial charge in [0.15, 0.2) is 0 Å². The van der Waals surface area contributed by atoms with Crippen LogP contribution in [0.3, 0.4) is 0 Å². The van der Waals surface area contributed by atoms with Crippen LogP contribution in [-0.2, 0) is 6.54 Å². The Morgan fingerprint density at radius 3 is 2.12 bits per heavy atom. The Labute approximate surface area is 160 Å². The lowest BCUT2D eigenvalue weighted by Crippen LogP contribution is -2.50. The van der Waals surface area contributed by atoms with Gasteiger partial charge < -0.3 is 15.1 Å². The zero-order valence-electron chi connectivity index (χ0n) is 16.8. The van der Waals surface area contributed by atoms with E-state index in [0.29, 0.717) is 11.5 Å². The SMILES string of the molecule is CC(C)NCc1ccc(N2CCC3(CC2)CCN(C2CCC2)CC3)cc1. The number of rotatable bonds is 5. The first kappa shape index (κ1) is 18.3. The molecule has 1 saturated carbocycles. The molecule has 1 aromatic rings. The van der Waals surface area contributed by atoms with Crippen LogP contribution in [0.15, 0.2) is 24.3 Å². The van der Waals surface area contributed by atoms with Gasteiger partial charge in [-0.1, -0.05) is 32.4 Å². The Kier molecular flexibility index (Phi) is 5.56. The highest BCUT2D eigenvalue weighted by Crippen LogP contribution is 2.43. The van der Waals surface area contributed by atoms with Crippen LogP contribution in [0, 0.1) is 5.41 Å². The first-order valence-electron chi connectivity index (χ1n) is 10.9. The van der Waals surface area contributed by atoms with E-state index in [-0.39, 0.29) is 0 Å². The fraction of sp³-hybridized carbons (Fsp3) is 0.739. The molecule has 144 valence electrons. The Balaban J connectivity index is 1.27. The normalized spacial score (nSPS) is 24.2. The quantitative estimate of drug-likeness (QED) is 0.843. The molecule has 2 aliphatic heterocycles. The van der Waals surface area contributed by atoms with E-state index >= 15 is 0 Å². The van der Waals surface area contributed by atoms with Gasteiger partial charge in [0.05, 0.1) is 0 Å². The molecule has 2 saturated heterocycles. The topological polar surface area (TPSA) is 18.5 Å². The van der Waals surface area contributed by atoms with E-state index < -0.39 is 0 Å². The van der Waals surface area contributed by atoms with E-state index in [1.54, 1.807) is 0 Å². The van der Waals surface area contributed by atoms with E-state index in [9.17, 15) is 0 Å². The van der Waals surface area contributed by atoms with Crippen molar-refractivity contribution in [1.29, 1.82) is 0 Å². The van der Waals surface area contributed by atoms with Gasteiger partial charge in [-0.3, -0.25) is 0 Å². The third-order valence-corrected chi connectivity index (χ3v) is 7.29. The highest BCUT2D eigenvalue weighted by atomic mass is 15.2. The van der Waals surface area contributed by atoms with E-state index in [0.717, 1.165) is 12.6 Å². The highest BCUT2D eigenvalue weighted by Gasteiger charge is 2.39. The molecule has 0 atom stereocenters. The van der Waals surface area contributed by atoms with E-state index in [1.165, 1.54) is 82.4 Å². The van der Waals surface area contributed by atoms with Crippen LogP contribution in [-0.4, -0.2) is 43.2 Å². The molecule has 26 heavy (non-hydrogen) atoms. The Bertz CT molecular complexity index is 558. The Morgan fingerprint density at radius 1 is 0.962 bits per heavy atom. The molecule has 3 heteroatoms. The molecule has 1 spiro atoms. The summed E-state index contributed by atoms with van der Waals surface area (Å²) >= 11 is 0. The van der Waals surface area contributed by atoms with Crippen molar-refractivity contribution >= 4 is 5.69 Å². The monoisotopic (exact) mass is 355 g/mol. The molecule has 0 radical (unpaired) electrons. The number of nitrogens with one attached hydrogen (secondary N) is 1. The molecule has 1 aliphatic carbocycles. The molecule has 3 nitrogen and oxygen atoms in total. The van der Waals surface area contributed by atoms with Crippen molar-refractivity contribution in [3.63, 3.8) is 0 Å². The van der Waals surface area contributed by atoms with Gasteiger partial charge in [-0.05, 0) is 74.7 Å². The average Bonchev–Trinajstić information content (AvgIpc) is 2.62. The van der Waals surface area contributed by atoms with Crippen molar-refractivity contribution in [2.24, 2.45) is 5.41 Å². The molecule has 2 heterocycles. The maximum Gasteiger partial charge on any atom is 0.0366 e. The molecule has 0 bridgehead atoms. The van der Waals surface area contributed by atoms with Crippen LogP contribution >= 0.6 is 0 Å². The zero-order valence-corrected chi connectivity index (χ0v) is 16.8. The maximum absolute atomic E-state index is 3.50. The summed E-state index contributed by atoms with van der Waals surface area (Å²) in [6, 6.07) is 10.7. The van der Waals surface area contributed by atoms with Crippen molar-refractivity contribution < 1.29 is 0 Å². The number of likely N-dealkylation sites (tertiary alicyclic amines) is 1. The van der Waals surface area contributed by atoms with Crippen LogP contribution in [0.4, 0.5) is 5.69 Å². The zero-order chi connectivity index (χ0) is 18.0. The fourth-order valence-electron chi connectivity index (χ4n) is 5.00. The minimum absolute atomic E-state index is 0.545. The third-order valence-electron chi connectivity index (χ3n) is 7.29. The van der Waals surface area contributed by atoms with Crippen molar-refractivity contribution in [2.45, 2.75) is 77.4 Å². The third kappa shape index (κ3) is 4.09.